The monoisotopic (exact) mass is 356 g/mol. The van der Waals surface area contributed by atoms with Crippen molar-refractivity contribution in [2.24, 2.45) is 5.41 Å². The summed E-state index contributed by atoms with van der Waals surface area (Å²) in [5.74, 6) is 0. The third kappa shape index (κ3) is 4.36. The van der Waals surface area contributed by atoms with Crippen LogP contribution < -0.4 is 0 Å². The van der Waals surface area contributed by atoms with E-state index in [9.17, 15) is 5.26 Å². The van der Waals surface area contributed by atoms with Crippen molar-refractivity contribution in [3.63, 3.8) is 0 Å². The van der Waals surface area contributed by atoms with Crippen LogP contribution >= 0.6 is 0 Å². The van der Waals surface area contributed by atoms with Crippen molar-refractivity contribution >= 4 is 30.4 Å². The average Bonchev–Trinajstić information content (AvgIpc) is 2.93. The molecule has 0 aliphatic carbocycles. The molecule has 2 aromatic rings. The van der Waals surface area contributed by atoms with Crippen LogP contribution in [0, 0.1) is 16.7 Å². The average molecular weight is 357 g/mol. The molecule has 126 valence electrons. The predicted octanol–water partition coefficient (Wildman–Crippen LogP) is 4.01. The van der Waals surface area contributed by atoms with E-state index in [1.54, 1.807) is 0 Å². The Balaban J connectivity index is 2.05. The Morgan fingerprint density at radius 1 is 1.21 bits per heavy atom. The van der Waals surface area contributed by atoms with Crippen LogP contribution in [0.4, 0.5) is 0 Å². The maximum Gasteiger partial charge on any atom is 0.229 e. The lowest BCUT2D eigenvalue weighted by Gasteiger charge is -2.34. The van der Waals surface area contributed by atoms with Gasteiger partial charge in [0.15, 0.2) is 0 Å². The molecule has 0 saturated carbocycles. The van der Waals surface area contributed by atoms with Gasteiger partial charge in [0.05, 0.1) is 5.56 Å². The van der Waals surface area contributed by atoms with Gasteiger partial charge in [-0.25, -0.2) is 0 Å². The number of hydrogen-bond donors (Lipinski definition) is 0. The molecule has 2 rings (SSSR count). The number of aryl methyl sites for hydroxylation is 1. The van der Waals surface area contributed by atoms with Gasteiger partial charge in [-0.1, -0.05) is 32.0 Å². The molecular weight excluding hydrogens is 332 g/mol. The maximum absolute atomic E-state index is 9.30. The Morgan fingerprint density at radius 2 is 1.88 bits per heavy atom. The van der Waals surface area contributed by atoms with E-state index in [0.29, 0.717) is 19.5 Å². The zero-order chi connectivity index (χ0) is 17.6. The van der Waals surface area contributed by atoms with E-state index in [0.717, 1.165) is 35.9 Å². The van der Waals surface area contributed by atoms with Crippen molar-refractivity contribution in [3.05, 3.63) is 36.0 Å². The highest BCUT2D eigenvalue weighted by Gasteiger charge is 2.30. The minimum Gasteiger partial charge on any atom is -0.394 e. The fourth-order valence-electron chi connectivity index (χ4n) is 2.90. The molecule has 0 atom stereocenters. The lowest BCUT2D eigenvalue weighted by Crippen LogP contribution is -2.36. The predicted molar refractivity (Wildman–Crippen MR) is 98.9 cm³/mol. The van der Waals surface area contributed by atoms with E-state index in [1.165, 1.54) is 0 Å². The largest absolute Gasteiger partial charge is 0.394 e. The quantitative estimate of drug-likeness (QED) is 0.504. The van der Waals surface area contributed by atoms with E-state index >= 15 is 0 Å². The standard InChI is InChI=1S/C18H24N2O2Si2/c1-18(2,17(21-23-3)22-24-4)10-7-11-20-13-14(12-19)15-8-5-6-9-16(15)20/h5-6,8-9,13,17H,7,10-11H2,1-4H3. The molecule has 6 heteroatoms. The van der Waals surface area contributed by atoms with Crippen molar-refractivity contribution in [2.75, 3.05) is 0 Å². The maximum atomic E-state index is 9.30. The van der Waals surface area contributed by atoms with Crippen LogP contribution in [0.25, 0.3) is 10.9 Å². The SMILES string of the molecule is C[Si]OC(O[Si]C)C(C)(C)CCCn1cc(C#N)c2ccccc21. The smallest absolute Gasteiger partial charge is 0.229 e. The van der Waals surface area contributed by atoms with Gasteiger partial charge in [-0.15, -0.1) is 0 Å². The van der Waals surface area contributed by atoms with Crippen LogP contribution in [-0.4, -0.2) is 30.4 Å². The zero-order valence-corrected chi connectivity index (χ0v) is 16.8. The number of aromatic nitrogens is 1. The molecule has 0 spiro atoms. The number of benzene rings is 1. The minimum atomic E-state index is -0.153. The summed E-state index contributed by atoms with van der Waals surface area (Å²) in [7, 11) is 0.856. The van der Waals surface area contributed by atoms with Gasteiger partial charge in [0.1, 0.15) is 12.4 Å². The molecule has 1 aromatic heterocycles. The second-order valence-electron chi connectivity index (χ2n) is 6.43. The summed E-state index contributed by atoms with van der Waals surface area (Å²) in [4.78, 5) is 0. The highest BCUT2D eigenvalue weighted by Crippen LogP contribution is 2.30. The molecule has 0 bridgehead atoms. The highest BCUT2D eigenvalue weighted by molar-refractivity contribution is 6.26. The van der Waals surface area contributed by atoms with Gasteiger partial charge in [0.25, 0.3) is 0 Å². The van der Waals surface area contributed by atoms with E-state index < -0.39 is 0 Å². The van der Waals surface area contributed by atoms with Crippen molar-refractivity contribution in [1.29, 1.82) is 5.26 Å². The molecule has 0 amide bonds. The van der Waals surface area contributed by atoms with Crippen molar-refractivity contribution in [2.45, 2.75) is 52.6 Å². The topological polar surface area (TPSA) is 47.2 Å². The van der Waals surface area contributed by atoms with E-state index in [4.69, 9.17) is 8.85 Å². The summed E-state index contributed by atoms with van der Waals surface area (Å²) in [6.07, 6.45) is 3.82. The summed E-state index contributed by atoms with van der Waals surface area (Å²) in [5, 5.41) is 10.3. The molecular formula is C18H24N2O2Si2. The first-order valence-corrected chi connectivity index (χ1v) is 11.0. The van der Waals surface area contributed by atoms with Crippen molar-refractivity contribution in [1.82, 2.24) is 4.57 Å². The Labute approximate surface area is 149 Å². The van der Waals surface area contributed by atoms with Crippen LogP contribution in [-0.2, 0) is 15.4 Å². The fraction of sp³-hybridized carbons (Fsp3) is 0.500. The number of rotatable bonds is 9. The molecule has 0 aliphatic heterocycles. The van der Waals surface area contributed by atoms with Gasteiger partial charge in [-0.3, -0.25) is 0 Å². The first-order chi connectivity index (χ1) is 11.5. The molecule has 1 aromatic carbocycles. The van der Waals surface area contributed by atoms with E-state index in [1.807, 2.05) is 37.5 Å². The fourth-order valence-corrected chi connectivity index (χ4v) is 4.16. The number of nitriles is 1. The first kappa shape index (κ1) is 18.9. The number of hydrogen-bond acceptors (Lipinski definition) is 3. The lowest BCUT2D eigenvalue weighted by molar-refractivity contribution is -0.0828. The molecule has 4 nitrogen and oxygen atoms in total. The third-order valence-electron chi connectivity index (χ3n) is 4.22. The van der Waals surface area contributed by atoms with Crippen LogP contribution in [0.1, 0.15) is 32.3 Å². The molecule has 0 saturated heterocycles. The summed E-state index contributed by atoms with van der Waals surface area (Å²) < 4.78 is 13.8. The zero-order valence-electron chi connectivity index (χ0n) is 14.8. The first-order valence-electron chi connectivity index (χ1n) is 8.16. The van der Waals surface area contributed by atoms with Gasteiger partial charge >= 0.3 is 0 Å². The number of fused-ring (bicyclic) bond motifs is 1. The van der Waals surface area contributed by atoms with Gasteiger partial charge in [-0.2, -0.15) is 5.26 Å². The summed E-state index contributed by atoms with van der Waals surface area (Å²) >= 11 is 0. The van der Waals surface area contributed by atoms with Gasteiger partial charge < -0.3 is 13.4 Å². The normalized spacial score (nSPS) is 12.0. The lowest BCUT2D eigenvalue weighted by atomic mass is 9.87. The molecule has 0 N–H and O–H groups in total. The van der Waals surface area contributed by atoms with Gasteiger partial charge in [0.2, 0.25) is 19.5 Å². The van der Waals surface area contributed by atoms with Crippen LogP contribution in [0.3, 0.4) is 0 Å². The third-order valence-corrected chi connectivity index (χ3v) is 5.12. The summed E-state index contributed by atoms with van der Waals surface area (Å²) in [6.45, 7) is 9.35. The molecule has 0 unspecified atom stereocenters. The summed E-state index contributed by atoms with van der Waals surface area (Å²) in [6, 6.07) is 10.4. The Bertz CT molecular complexity index is 701. The van der Waals surface area contributed by atoms with Gasteiger partial charge in [-0.05, 0) is 32.0 Å². The van der Waals surface area contributed by atoms with Gasteiger partial charge in [0, 0.05) is 29.1 Å². The van der Waals surface area contributed by atoms with Crippen LogP contribution in [0.2, 0.25) is 13.1 Å². The van der Waals surface area contributed by atoms with Crippen LogP contribution in [0.15, 0.2) is 30.5 Å². The number of nitrogens with zero attached hydrogens (tertiary/aromatic N) is 2. The molecule has 1 heterocycles. The minimum absolute atomic E-state index is 0.0347. The Hall–Kier alpha value is -1.40. The number of para-hydroxylation sites is 1. The summed E-state index contributed by atoms with van der Waals surface area (Å²) in [5.41, 5.74) is 1.84. The molecule has 4 radical (unpaired) electrons. The Kier molecular flexibility index (Phi) is 6.81. The molecule has 0 fully saturated rings. The van der Waals surface area contributed by atoms with E-state index in [-0.39, 0.29) is 11.7 Å². The highest BCUT2D eigenvalue weighted by atomic mass is 28.2. The van der Waals surface area contributed by atoms with Crippen LogP contribution in [0.5, 0.6) is 0 Å². The van der Waals surface area contributed by atoms with E-state index in [2.05, 4.69) is 30.6 Å². The van der Waals surface area contributed by atoms with Crippen molar-refractivity contribution in [3.8, 4) is 6.07 Å². The molecule has 0 aliphatic rings. The molecule has 24 heavy (non-hydrogen) atoms. The Morgan fingerprint density at radius 3 is 2.50 bits per heavy atom. The second-order valence-corrected chi connectivity index (χ2v) is 7.72. The van der Waals surface area contributed by atoms with Crippen molar-refractivity contribution < 1.29 is 8.85 Å². The second kappa shape index (κ2) is 8.63.